The molecule has 6 heteroatoms. The average Bonchev–Trinajstić information content (AvgIpc) is 2.62. The van der Waals surface area contributed by atoms with Crippen LogP contribution in [0.3, 0.4) is 0 Å². The Kier molecular flexibility index (Phi) is 7.86. The number of carbonyl (C=O) groups excluding carboxylic acids is 3. The number of anilines is 1. The van der Waals surface area contributed by atoms with E-state index in [1.54, 1.807) is 24.3 Å². The molecule has 0 aliphatic heterocycles. The molecule has 0 saturated heterocycles. The van der Waals surface area contributed by atoms with E-state index in [9.17, 15) is 14.4 Å². The normalized spacial score (nSPS) is 13.5. The SMILES string of the molecule is CC(=O)Nc1ccc(CC(=O)OCC(=O)NCCC2=CCCCC2)cc1. The first-order chi connectivity index (χ1) is 12.5. The summed E-state index contributed by atoms with van der Waals surface area (Å²) in [4.78, 5) is 34.5. The molecular weight excluding hydrogens is 332 g/mol. The number of ether oxygens (including phenoxy) is 1. The van der Waals surface area contributed by atoms with E-state index < -0.39 is 5.97 Å². The van der Waals surface area contributed by atoms with Crippen molar-refractivity contribution in [2.75, 3.05) is 18.5 Å². The van der Waals surface area contributed by atoms with E-state index in [0.29, 0.717) is 12.2 Å². The van der Waals surface area contributed by atoms with E-state index in [1.165, 1.54) is 25.3 Å². The minimum atomic E-state index is -0.456. The minimum Gasteiger partial charge on any atom is -0.455 e. The molecule has 0 fully saturated rings. The van der Waals surface area contributed by atoms with E-state index in [-0.39, 0.29) is 24.8 Å². The Balaban J connectivity index is 1.63. The summed E-state index contributed by atoms with van der Waals surface area (Å²) in [6, 6.07) is 6.92. The van der Waals surface area contributed by atoms with Gasteiger partial charge in [0.1, 0.15) is 0 Å². The monoisotopic (exact) mass is 358 g/mol. The van der Waals surface area contributed by atoms with Crippen LogP contribution in [0.2, 0.25) is 0 Å². The van der Waals surface area contributed by atoms with Gasteiger partial charge in [-0.15, -0.1) is 0 Å². The molecular formula is C20H26N2O4. The van der Waals surface area contributed by atoms with Gasteiger partial charge in [-0.1, -0.05) is 23.8 Å². The molecule has 2 rings (SSSR count). The van der Waals surface area contributed by atoms with Gasteiger partial charge in [-0.25, -0.2) is 0 Å². The standard InChI is InChI=1S/C20H26N2O4/c1-15(23)22-18-9-7-17(8-10-18)13-20(25)26-14-19(24)21-12-11-16-5-3-2-4-6-16/h5,7-10H,2-4,6,11-14H2,1H3,(H,21,24)(H,22,23). The van der Waals surface area contributed by atoms with E-state index in [0.717, 1.165) is 24.8 Å². The van der Waals surface area contributed by atoms with Gasteiger partial charge in [0.25, 0.3) is 5.91 Å². The van der Waals surface area contributed by atoms with Gasteiger partial charge in [-0.05, 0) is 49.8 Å². The van der Waals surface area contributed by atoms with Crippen LogP contribution in [-0.2, 0) is 25.5 Å². The quantitative estimate of drug-likeness (QED) is 0.553. The third-order valence-electron chi connectivity index (χ3n) is 4.14. The lowest BCUT2D eigenvalue weighted by Gasteiger charge is -2.13. The second kappa shape index (κ2) is 10.4. The predicted octanol–water partition coefficient (Wildman–Crippen LogP) is 2.74. The van der Waals surface area contributed by atoms with E-state index in [1.807, 2.05) is 0 Å². The lowest BCUT2D eigenvalue weighted by molar-refractivity contribution is -0.147. The van der Waals surface area contributed by atoms with Gasteiger partial charge in [0, 0.05) is 19.2 Å². The van der Waals surface area contributed by atoms with Gasteiger partial charge in [0.05, 0.1) is 6.42 Å². The number of hydrogen-bond acceptors (Lipinski definition) is 4. The number of amides is 2. The maximum atomic E-state index is 11.8. The molecule has 0 radical (unpaired) electrons. The summed E-state index contributed by atoms with van der Waals surface area (Å²) >= 11 is 0. The van der Waals surface area contributed by atoms with Crippen LogP contribution in [0.15, 0.2) is 35.9 Å². The van der Waals surface area contributed by atoms with Crippen molar-refractivity contribution in [1.29, 1.82) is 0 Å². The number of rotatable bonds is 8. The molecule has 0 bridgehead atoms. The molecule has 1 aliphatic rings. The lowest BCUT2D eigenvalue weighted by atomic mass is 9.97. The summed E-state index contributed by atoms with van der Waals surface area (Å²) in [6.45, 7) is 1.75. The maximum absolute atomic E-state index is 11.8. The highest BCUT2D eigenvalue weighted by molar-refractivity contribution is 5.88. The van der Waals surface area contributed by atoms with E-state index in [2.05, 4.69) is 16.7 Å². The molecule has 1 aromatic carbocycles. The van der Waals surface area contributed by atoms with Crippen LogP contribution in [0.5, 0.6) is 0 Å². The molecule has 2 N–H and O–H groups in total. The Hall–Kier alpha value is -2.63. The average molecular weight is 358 g/mol. The van der Waals surface area contributed by atoms with Gasteiger partial charge in [0.15, 0.2) is 6.61 Å². The summed E-state index contributed by atoms with van der Waals surface area (Å²) in [5.74, 6) is -0.888. The zero-order valence-corrected chi connectivity index (χ0v) is 15.2. The number of carbonyl (C=O) groups is 3. The molecule has 0 atom stereocenters. The molecule has 0 unspecified atom stereocenters. The first-order valence-corrected chi connectivity index (χ1v) is 8.99. The van der Waals surface area contributed by atoms with Crippen LogP contribution in [-0.4, -0.2) is 30.9 Å². The molecule has 1 aliphatic carbocycles. The molecule has 0 aromatic heterocycles. The summed E-state index contributed by atoms with van der Waals surface area (Å²) in [6.07, 6.45) is 7.93. The van der Waals surface area contributed by atoms with Crippen LogP contribution < -0.4 is 10.6 Å². The molecule has 0 heterocycles. The summed E-state index contributed by atoms with van der Waals surface area (Å²) in [5.41, 5.74) is 2.83. The predicted molar refractivity (Wildman–Crippen MR) is 99.6 cm³/mol. The molecule has 2 amide bonds. The summed E-state index contributed by atoms with van der Waals surface area (Å²) in [7, 11) is 0. The number of allylic oxidation sites excluding steroid dienone is 1. The fraction of sp³-hybridized carbons (Fsp3) is 0.450. The molecule has 0 saturated carbocycles. The molecule has 1 aromatic rings. The second-order valence-corrected chi connectivity index (χ2v) is 6.42. The van der Waals surface area contributed by atoms with Crippen LogP contribution in [0.4, 0.5) is 5.69 Å². The minimum absolute atomic E-state index is 0.0838. The molecule has 140 valence electrons. The number of nitrogens with one attached hydrogen (secondary N) is 2. The van der Waals surface area contributed by atoms with Crippen LogP contribution in [0.25, 0.3) is 0 Å². The summed E-state index contributed by atoms with van der Waals surface area (Å²) in [5, 5.41) is 5.43. The zero-order valence-electron chi connectivity index (χ0n) is 15.2. The molecule has 0 spiro atoms. The van der Waals surface area contributed by atoms with Crippen molar-refractivity contribution in [3.8, 4) is 0 Å². The second-order valence-electron chi connectivity index (χ2n) is 6.42. The largest absolute Gasteiger partial charge is 0.455 e. The van der Waals surface area contributed by atoms with Gasteiger partial charge in [-0.2, -0.15) is 0 Å². The highest BCUT2D eigenvalue weighted by Crippen LogP contribution is 2.19. The fourth-order valence-electron chi connectivity index (χ4n) is 2.82. The van der Waals surface area contributed by atoms with Crippen LogP contribution in [0.1, 0.15) is 44.6 Å². The fourth-order valence-corrected chi connectivity index (χ4v) is 2.82. The highest BCUT2D eigenvalue weighted by atomic mass is 16.5. The molecule has 6 nitrogen and oxygen atoms in total. The van der Waals surface area contributed by atoms with Crippen molar-refractivity contribution in [3.63, 3.8) is 0 Å². The first-order valence-electron chi connectivity index (χ1n) is 8.99. The Morgan fingerprint density at radius 2 is 1.88 bits per heavy atom. The highest BCUT2D eigenvalue weighted by Gasteiger charge is 2.09. The van der Waals surface area contributed by atoms with Gasteiger partial charge in [0.2, 0.25) is 5.91 Å². The number of hydrogen-bond donors (Lipinski definition) is 2. The van der Waals surface area contributed by atoms with Crippen LogP contribution >= 0.6 is 0 Å². The topological polar surface area (TPSA) is 84.5 Å². The van der Waals surface area contributed by atoms with Gasteiger partial charge >= 0.3 is 5.97 Å². The number of esters is 1. The van der Waals surface area contributed by atoms with Crippen molar-refractivity contribution < 1.29 is 19.1 Å². The van der Waals surface area contributed by atoms with Crippen LogP contribution in [0, 0.1) is 0 Å². The molecule has 26 heavy (non-hydrogen) atoms. The Morgan fingerprint density at radius 1 is 1.12 bits per heavy atom. The van der Waals surface area contributed by atoms with Gasteiger partial charge in [-0.3, -0.25) is 14.4 Å². The Morgan fingerprint density at radius 3 is 2.54 bits per heavy atom. The van der Waals surface area contributed by atoms with Crippen molar-refractivity contribution in [2.24, 2.45) is 0 Å². The first kappa shape index (κ1) is 19.7. The van der Waals surface area contributed by atoms with Gasteiger partial charge < -0.3 is 15.4 Å². The van der Waals surface area contributed by atoms with Crippen molar-refractivity contribution in [1.82, 2.24) is 5.32 Å². The van der Waals surface area contributed by atoms with Crippen molar-refractivity contribution >= 4 is 23.5 Å². The maximum Gasteiger partial charge on any atom is 0.310 e. The Bertz CT molecular complexity index is 665. The third-order valence-corrected chi connectivity index (χ3v) is 4.14. The van der Waals surface area contributed by atoms with E-state index >= 15 is 0 Å². The number of benzene rings is 1. The summed E-state index contributed by atoms with van der Waals surface area (Å²) < 4.78 is 5.01. The lowest BCUT2D eigenvalue weighted by Crippen LogP contribution is -2.30. The van der Waals surface area contributed by atoms with Crippen molar-refractivity contribution in [2.45, 2.75) is 45.4 Å². The Labute approximate surface area is 154 Å². The van der Waals surface area contributed by atoms with Crippen molar-refractivity contribution in [3.05, 3.63) is 41.5 Å². The third kappa shape index (κ3) is 7.51. The van der Waals surface area contributed by atoms with E-state index in [4.69, 9.17) is 4.74 Å². The zero-order chi connectivity index (χ0) is 18.8. The smallest absolute Gasteiger partial charge is 0.310 e.